The van der Waals surface area contributed by atoms with Gasteiger partial charge in [-0.3, -0.25) is 0 Å². The van der Waals surface area contributed by atoms with Gasteiger partial charge in [-0.2, -0.15) is 0 Å². The first-order chi connectivity index (χ1) is 12.3. The van der Waals surface area contributed by atoms with Crippen molar-refractivity contribution in [3.05, 3.63) is 72.3 Å². The molecule has 1 unspecified atom stereocenters. The van der Waals surface area contributed by atoms with Crippen molar-refractivity contribution < 1.29 is 19.4 Å². The molecule has 4 heteroatoms. The highest BCUT2D eigenvalue weighted by atomic mass is 16.6. The van der Waals surface area contributed by atoms with Crippen molar-refractivity contribution in [3.8, 4) is 22.6 Å². The van der Waals surface area contributed by atoms with Gasteiger partial charge in [-0.1, -0.05) is 38.3 Å². The van der Waals surface area contributed by atoms with E-state index in [0.29, 0.717) is 22.6 Å². The molecule has 1 N–H and O–H groups in total. The van der Waals surface area contributed by atoms with Crippen LogP contribution in [0.1, 0.15) is 26.3 Å². The molecule has 0 amide bonds. The minimum absolute atomic E-state index is 0.365. The summed E-state index contributed by atoms with van der Waals surface area (Å²) >= 11 is 0. The average Bonchev–Trinajstić information content (AvgIpc) is 2.62. The van der Waals surface area contributed by atoms with Crippen molar-refractivity contribution in [1.29, 1.82) is 0 Å². The number of rotatable bonds is 7. The summed E-state index contributed by atoms with van der Waals surface area (Å²) in [4.78, 5) is 11.7. The number of ether oxygens (including phenoxy) is 2. The molecular formula is C22H24O4. The van der Waals surface area contributed by atoms with E-state index in [0.717, 1.165) is 23.1 Å². The molecule has 26 heavy (non-hydrogen) atoms. The van der Waals surface area contributed by atoms with Gasteiger partial charge in [0.25, 0.3) is 0 Å². The van der Waals surface area contributed by atoms with Crippen LogP contribution in [0.3, 0.4) is 0 Å². The van der Waals surface area contributed by atoms with E-state index < -0.39 is 12.3 Å². The standard InChI is InChI=1S/C22H24O4/c1-6-16-13-18(9-12-20(16)26-22(24)15(4)5)17-7-10-19(11-8-17)25-21(23)14(2)3/h7-13,21,23H,2,4,6H2,1,3,5H3. The van der Waals surface area contributed by atoms with Crippen molar-refractivity contribution >= 4 is 5.97 Å². The third-order valence-corrected chi connectivity index (χ3v) is 3.85. The van der Waals surface area contributed by atoms with Crippen LogP contribution >= 0.6 is 0 Å². The molecule has 0 heterocycles. The Morgan fingerprint density at radius 3 is 2.23 bits per heavy atom. The molecule has 2 aromatic rings. The van der Waals surface area contributed by atoms with E-state index in [-0.39, 0.29) is 0 Å². The van der Waals surface area contributed by atoms with Gasteiger partial charge in [-0.15, -0.1) is 0 Å². The lowest BCUT2D eigenvalue weighted by Gasteiger charge is -2.14. The zero-order chi connectivity index (χ0) is 19.3. The highest BCUT2D eigenvalue weighted by Crippen LogP contribution is 2.29. The van der Waals surface area contributed by atoms with Crippen LogP contribution in [-0.2, 0) is 11.2 Å². The molecule has 2 aromatic carbocycles. The van der Waals surface area contributed by atoms with Crippen molar-refractivity contribution in [2.24, 2.45) is 0 Å². The van der Waals surface area contributed by atoms with Gasteiger partial charge in [-0.05, 0) is 66.8 Å². The molecule has 0 aliphatic carbocycles. The summed E-state index contributed by atoms with van der Waals surface area (Å²) < 4.78 is 10.8. The fraction of sp³-hybridized carbons (Fsp3) is 0.227. The van der Waals surface area contributed by atoms with Crippen LogP contribution in [0.25, 0.3) is 11.1 Å². The van der Waals surface area contributed by atoms with E-state index in [1.165, 1.54) is 0 Å². The highest BCUT2D eigenvalue weighted by Gasteiger charge is 2.11. The Hall–Kier alpha value is -2.85. The second-order valence-electron chi connectivity index (χ2n) is 6.19. The lowest BCUT2D eigenvalue weighted by atomic mass is 10.0. The first-order valence-electron chi connectivity index (χ1n) is 8.43. The maximum absolute atomic E-state index is 11.7. The van der Waals surface area contributed by atoms with Crippen LogP contribution < -0.4 is 9.47 Å². The number of aliphatic hydroxyl groups is 1. The smallest absolute Gasteiger partial charge is 0.338 e. The van der Waals surface area contributed by atoms with Gasteiger partial charge in [0, 0.05) is 5.57 Å². The van der Waals surface area contributed by atoms with E-state index in [2.05, 4.69) is 13.2 Å². The molecule has 0 saturated carbocycles. The summed E-state index contributed by atoms with van der Waals surface area (Å²) in [5.41, 5.74) is 3.85. The Bertz CT molecular complexity index is 819. The van der Waals surface area contributed by atoms with E-state index in [4.69, 9.17) is 9.47 Å². The van der Waals surface area contributed by atoms with E-state index in [9.17, 15) is 9.90 Å². The monoisotopic (exact) mass is 352 g/mol. The van der Waals surface area contributed by atoms with Gasteiger partial charge in [0.2, 0.25) is 6.29 Å². The first-order valence-corrected chi connectivity index (χ1v) is 8.43. The van der Waals surface area contributed by atoms with Gasteiger partial charge in [0.1, 0.15) is 11.5 Å². The molecule has 0 aliphatic rings. The topological polar surface area (TPSA) is 55.8 Å². The van der Waals surface area contributed by atoms with Crippen LogP contribution in [0.4, 0.5) is 0 Å². The van der Waals surface area contributed by atoms with Crippen LogP contribution in [0.5, 0.6) is 11.5 Å². The molecule has 0 aliphatic heterocycles. The molecule has 0 saturated heterocycles. The predicted molar refractivity (Wildman–Crippen MR) is 103 cm³/mol. The van der Waals surface area contributed by atoms with Crippen molar-refractivity contribution in [2.75, 3.05) is 0 Å². The number of aryl methyl sites for hydroxylation is 1. The Morgan fingerprint density at radius 2 is 1.69 bits per heavy atom. The largest absolute Gasteiger partial charge is 0.461 e. The van der Waals surface area contributed by atoms with Crippen molar-refractivity contribution in [1.82, 2.24) is 0 Å². The molecule has 0 fully saturated rings. The summed E-state index contributed by atoms with van der Waals surface area (Å²) in [5, 5.41) is 9.71. The number of carbonyl (C=O) groups is 1. The number of esters is 1. The molecule has 0 spiro atoms. The van der Waals surface area contributed by atoms with Crippen LogP contribution in [-0.4, -0.2) is 17.4 Å². The van der Waals surface area contributed by atoms with Gasteiger partial charge in [0.05, 0.1) is 0 Å². The van der Waals surface area contributed by atoms with Crippen LogP contribution in [0, 0.1) is 0 Å². The Morgan fingerprint density at radius 1 is 1.08 bits per heavy atom. The molecule has 0 radical (unpaired) electrons. The lowest BCUT2D eigenvalue weighted by Crippen LogP contribution is -2.15. The minimum Gasteiger partial charge on any atom is -0.461 e. The Labute approximate surface area is 154 Å². The number of hydrogen-bond acceptors (Lipinski definition) is 4. The number of aliphatic hydroxyl groups excluding tert-OH is 1. The first kappa shape index (κ1) is 19.5. The van der Waals surface area contributed by atoms with Crippen molar-refractivity contribution in [3.63, 3.8) is 0 Å². The lowest BCUT2D eigenvalue weighted by molar-refractivity contribution is -0.130. The van der Waals surface area contributed by atoms with Gasteiger partial charge >= 0.3 is 5.97 Å². The van der Waals surface area contributed by atoms with Crippen molar-refractivity contribution in [2.45, 2.75) is 33.5 Å². The number of hydrogen-bond donors (Lipinski definition) is 1. The number of benzene rings is 2. The summed E-state index contributed by atoms with van der Waals surface area (Å²) in [5.74, 6) is 0.686. The molecule has 0 aromatic heterocycles. The molecular weight excluding hydrogens is 328 g/mol. The fourth-order valence-electron chi connectivity index (χ4n) is 2.28. The maximum atomic E-state index is 11.7. The molecule has 2 rings (SSSR count). The predicted octanol–water partition coefficient (Wildman–Crippen LogP) is 4.67. The normalized spacial score (nSPS) is 11.5. The maximum Gasteiger partial charge on any atom is 0.338 e. The third kappa shape index (κ3) is 4.83. The second-order valence-corrected chi connectivity index (χ2v) is 6.19. The summed E-state index contributed by atoms with van der Waals surface area (Å²) in [6.45, 7) is 12.6. The highest BCUT2D eigenvalue weighted by molar-refractivity contribution is 5.89. The second kappa shape index (κ2) is 8.50. The van der Waals surface area contributed by atoms with Gasteiger partial charge in [0.15, 0.2) is 0 Å². The Kier molecular flexibility index (Phi) is 6.36. The van der Waals surface area contributed by atoms with E-state index in [1.807, 2.05) is 31.2 Å². The van der Waals surface area contributed by atoms with E-state index >= 15 is 0 Å². The summed E-state index contributed by atoms with van der Waals surface area (Å²) in [6, 6.07) is 13.1. The Balaban J connectivity index is 2.22. The minimum atomic E-state index is -1.02. The summed E-state index contributed by atoms with van der Waals surface area (Å²) in [6.07, 6.45) is -0.284. The average molecular weight is 352 g/mol. The van der Waals surface area contributed by atoms with Crippen LogP contribution in [0.2, 0.25) is 0 Å². The third-order valence-electron chi connectivity index (χ3n) is 3.85. The molecule has 1 atom stereocenters. The zero-order valence-electron chi connectivity index (χ0n) is 15.4. The zero-order valence-corrected chi connectivity index (χ0v) is 15.4. The fourth-order valence-corrected chi connectivity index (χ4v) is 2.28. The van der Waals surface area contributed by atoms with Crippen LogP contribution in [0.15, 0.2) is 66.8 Å². The molecule has 0 bridgehead atoms. The summed E-state index contributed by atoms with van der Waals surface area (Å²) in [7, 11) is 0. The molecule has 136 valence electrons. The van der Waals surface area contributed by atoms with Gasteiger partial charge < -0.3 is 14.6 Å². The van der Waals surface area contributed by atoms with Gasteiger partial charge in [-0.25, -0.2) is 4.79 Å². The quantitative estimate of drug-likeness (QED) is 0.259. The SMILES string of the molecule is C=C(C)C(=O)Oc1ccc(-c2ccc(OC(O)C(=C)C)cc2)cc1CC. The van der Waals surface area contributed by atoms with E-state index in [1.54, 1.807) is 32.0 Å². The molecule has 4 nitrogen and oxygen atoms in total. The number of carbonyl (C=O) groups excluding carboxylic acids is 1.